The Kier molecular flexibility index (Phi) is 5.44. The first kappa shape index (κ1) is 17.2. The summed E-state index contributed by atoms with van der Waals surface area (Å²) < 4.78 is 5.44. The van der Waals surface area contributed by atoms with Gasteiger partial charge in [0.25, 0.3) is 0 Å². The minimum Gasteiger partial charge on any atom is -0.349 e. The van der Waals surface area contributed by atoms with Gasteiger partial charge < -0.3 is 5.32 Å². The van der Waals surface area contributed by atoms with Gasteiger partial charge in [-0.15, -0.1) is 0 Å². The van der Waals surface area contributed by atoms with Crippen molar-refractivity contribution in [3.63, 3.8) is 0 Å². The number of hydrogen-bond acceptors (Lipinski definition) is 3. The van der Waals surface area contributed by atoms with Crippen molar-refractivity contribution in [3.05, 3.63) is 32.2 Å². The molecule has 0 aliphatic heterocycles. The molecule has 0 bridgehead atoms. The standard InChI is InChI=1S/C14H19Br2N5O/c1-5-20-12(11(15)6-18-20)7-17-14(22)10(4)21-9(3)13(16)8(2)19-21/h6,10H,5,7H2,1-4H3,(H,17,22). The third-order valence-electron chi connectivity index (χ3n) is 3.61. The van der Waals surface area contributed by atoms with E-state index in [4.69, 9.17) is 0 Å². The van der Waals surface area contributed by atoms with Crippen LogP contribution in [0.1, 0.15) is 37.0 Å². The SMILES string of the molecule is CCn1ncc(Br)c1CNC(=O)C(C)n1nc(C)c(Br)c1C. The Labute approximate surface area is 146 Å². The Bertz CT molecular complexity index is 692. The fourth-order valence-electron chi connectivity index (χ4n) is 2.29. The van der Waals surface area contributed by atoms with Gasteiger partial charge >= 0.3 is 0 Å². The van der Waals surface area contributed by atoms with Crippen LogP contribution < -0.4 is 5.32 Å². The van der Waals surface area contributed by atoms with Crippen LogP contribution in [0.25, 0.3) is 0 Å². The van der Waals surface area contributed by atoms with Gasteiger partial charge in [0.05, 0.1) is 38.8 Å². The highest BCUT2D eigenvalue weighted by atomic mass is 79.9. The number of amides is 1. The first-order valence-corrected chi connectivity index (χ1v) is 8.64. The molecule has 0 saturated heterocycles. The second-order valence-electron chi connectivity index (χ2n) is 5.08. The quantitative estimate of drug-likeness (QED) is 0.789. The van der Waals surface area contributed by atoms with E-state index in [2.05, 4.69) is 47.4 Å². The molecule has 8 heteroatoms. The fourth-order valence-corrected chi connectivity index (χ4v) is 2.98. The van der Waals surface area contributed by atoms with Crippen molar-refractivity contribution < 1.29 is 4.79 Å². The van der Waals surface area contributed by atoms with Gasteiger partial charge in [0, 0.05) is 6.54 Å². The van der Waals surface area contributed by atoms with Crippen LogP contribution in [-0.2, 0) is 17.9 Å². The van der Waals surface area contributed by atoms with Crippen LogP contribution >= 0.6 is 31.9 Å². The highest BCUT2D eigenvalue weighted by molar-refractivity contribution is 9.10. The number of nitrogens with one attached hydrogen (secondary N) is 1. The van der Waals surface area contributed by atoms with Crippen molar-refractivity contribution in [2.45, 2.75) is 46.8 Å². The summed E-state index contributed by atoms with van der Waals surface area (Å²) in [5.41, 5.74) is 2.78. The molecule has 1 unspecified atom stereocenters. The second kappa shape index (κ2) is 6.95. The molecule has 2 aromatic heterocycles. The highest BCUT2D eigenvalue weighted by Gasteiger charge is 2.20. The third kappa shape index (κ3) is 3.27. The molecule has 0 aliphatic carbocycles. The smallest absolute Gasteiger partial charge is 0.244 e. The van der Waals surface area contributed by atoms with Gasteiger partial charge in [-0.05, 0) is 59.6 Å². The summed E-state index contributed by atoms with van der Waals surface area (Å²) in [6.45, 7) is 8.90. The molecule has 6 nitrogen and oxygen atoms in total. The van der Waals surface area contributed by atoms with Gasteiger partial charge in [-0.2, -0.15) is 10.2 Å². The average molecular weight is 433 g/mol. The zero-order valence-electron chi connectivity index (χ0n) is 13.0. The predicted molar refractivity (Wildman–Crippen MR) is 91.6 cm³/mol. The molecule has 0 aromatic carbocycles. The van der Waals surface area contributed by atoms with Crippen LogP contribution in [0.4, 0.5) is 0 Å². The largest absolute Gasteiger partial charge is 0.349 e. The Morgan fingerprint density at radius 3 is 2.64 bits per heavy atom. The molecule has 0 fully saturated rings. The number of carbonyl (C=O) groups excluding carboxylic acids is 1. The van der Waals surface area contributed by atoms with Gasteiger partial charge in [-0.3, -0.25) is 14.2 Å². The highest BCUT2D eigenvalue weighted by Crippen LogP contribution is 2.23. The van der Waals surface area contributed by atoms with Crippen molar-refractivity contribution in [2.24, 2.45) is 0 Å². The lowest BCUT2D eigenvalue weighted by atomic mass is 10.3. The Balaban J connectivity index is 2.09. The summed E-state index contributed by atoms with van der Waals surface area (Å²) in [6, 6.07) is -0.373. The summed E-state index contributed by atoms with van der Waals surface area (Å²) in [6.07, 6.45) is 1.74. The molecule has 2 heterocycles. The maximum Gasteiger partial charge on any atom is 0.244 e. The molecule has 0 spiro atoms. The van der Waals surface area contributed by atoms with Crippen molar-refractivity contribution in [1.29, 1.82) is 0 Å². The number of hydrogen-bond donors (Lipinski definition) is 1. The number of nitrogens with zero attached hydrogens (tertiary/aromatic N) is 4. The lowest BCUT2D eigenvalue weighted by molar-refractivity contribution is -0.124. The molecular formula is C14H19Br2N5O. The van der Waals surface area contributed by atoms with E-state index in [9.17, 15) is 4.79 Å². The van der Waals surface area contributed by atoms with Crippen molar-refractivity contribution in [3.8, 4) is 0 Å². The maximum absolute atomic E-state index is 12.4. The van der Waals surface area contributed by atoms with Gasteiger partial charge in [-0.1, -0.05) is 0 Å². The zero-order chi connectivity index (χ0) is 16.4. The molecule has 2 aromatic rings. The van der Waals surface area contributed by atoms with Crippen LogP contribution in [0.5, 0.6) is 0 Å². The van der Waals surface area contributed by atoms with E-state index in [0.717, 1.165) is 32.6 Å². The van der Waals surface area contributed by atoms with E-state index in [0.29, 0.717) is 6.54 Å². The molecule has 0 saturated carbocycles. The van der Waals surface area contributed by atoms with Crippen LogP contribution in [0.15, 0.2) is 15.1 Å². The van der Waals surface area contributed by atoms with Gasteiger partial charge in [0.15, 0.2) is 0 Å². The monoisotopic (exact) mass is 431 g/mol. The van der Waals surface area contributed by atoms with E-state index in [1.54, 1.807) is 10.9 Å². The number of carbonyl (C=O) groups is 1. The first-order chi connectivity index (χ1) is 10.4. The summed E-state index contributed by atoms with van der Waals surface area (Å²) in [5.74, 6) is -0.0751. The molecule has 0 radical (unpaired) electrons. The van der Waals surface area contributed by atoms with Gasteiger partial charge in [-0.25, -0.2) is 0 Å². The molecule has 0 aliphatic rings. The topological polar surface area (TPSA) is 64.7 Å². The minimum atomic E-state index is -0.373. The summed E-state index contributed by atoms with van der Waals surface area (Å²) in [7, 11) is 0. The summed E-state index contributed by atoms with van der Waals surface area (Å²) in [4.78, 5) is 12.4. The van der Waals surface area contributed by atoms with E-state index in [1.807, 2.05) is 32.4 Å². The van der Waals surface area contributed by atoms with E-state index in [1.165, 1.54) is 0 Å². The van der Waals surface area contributed by atoms with Crippen LogP contribution in [-0.4, -0.2) is 25.5 Å². The maximum atomic E-state index is 12.4. The zero-order valence-corrected chi connectivity index (χ0v) is 16.2. The number of rotatable bonds is 5. The van der Waals surface area contributed by atoms with Crippen molar-refractivity contribution in [1.82, 2.24) is 24.9 Å². The molecule has 120 valence electrons. The molecule has 2 rings (SSSR count). The average Bonchev–Trinajstić information content (AvgIpc) is 2.98. The van der Waals surface area contributed by atoms with Crippen molar-refractivity contribution in [2.75, 3.05) is 0 Å². The van der Waals surface area contributed by atoms with E-state index in [-0.39, 0.29) is 11.9 Å². The molecule has 22 heavy (non-hydrogen) atoms. The minimum absolute atomic E-state index is 0.0751. The third-order valence-corrected chi connectivity index (χ3v) is 5.42. The number of aryl methyl sites for hydroxylation is 2. The lowest BCUT2D eigenvalue weighted by Crippen LogP contribution is -2.32. The lowest BCUT2D eigenvalue weighted by Gasteiger charge is -2.15. The van der Waals surface area contributed by atoms with Gasteiger partial charge in [0.2, 0.25) is 5.91 Å². The molecule has 1 atom stereocenters. The molecular weight excluding hydrogens is 414 g/mol. The van der Waals surface area contributed by atoms with E-state index < -0.39 is 0 Å². The summed E-state index contributed by atoms with van der Waals surface area (Å²) >= 11 is 6.94. The first-order valence-electron chi connectivity index (χ1n) is 7.05. The van der Waals surface area contributed by atoms with Gasteiger partial charge in [0.1, 0.15) is 6.04 Å². The second-order valence-corrected chi connectivity index (χ2v) is 6.73. The Morgan fingerprint density at radius 1 is 1.41 bits per heavy atom. The number of halogens is 2. The summed E-state index contributed by atoms with van der Waals surface area (Å²) in [5, 5.41) is 11.6. The Hall–Kier alpha value is -1.15. The Morgan fingerprint density at radius 2 is 2.09 bits per heavy atom. The van der Waals surface area contributed by atoms with Crippen molar-refractivity contribution >= 4 is 37.8 Å². The van der Waals surface area contributed by atoms with E-state index >= 15 is 0 Å². The molecule has 1 amide bonds. The molecule has 1 N–H and O–H groups in total. The fraction of sp³-hybridized carbons (Fsp3) is 0.500. The number of aromatic nitrogens is 4. The normalized spacial score (nSPS) is 12.5. The predicted octanol–water partition coefficient (Wildman–Crippen LogP) is 3.12. The van der Waals surface area contributed by atoms with Crippen LogP contribution in [0.3, 0.4) is 0 Å². The van der Waals surface area contributed by atoms with Crippen LogP contribution in [0.2, 0.25) is 0 Å². The van der Waals surface area contributed by atoms with Crippen LogP contribution in [0, 0.1) is 13.8 Å².